The molecule has 1 rings (SSSR count). The van der Waals surface area contributed by atoms with Gasteiger partial charge in [-0.2, -0.15) is 0 Å². The van der Waals surface area contributed by atoms with Crippen LogP contribution in [-0.4, -0.2) is 23.6 Å². The summed E-state index contributed by atoms with van der Waals surface area (Å²) in [6.07, 6.45) is 6.68. The molecule has 0 saturated carbocycles. The third-order valence-electron chi connectivity index (χ3n) is 3.02. The van der Waals surface area contributed by atoms with E-state index in [2.05, 4.69) is 41.4 Å². The average Bonchev–Trinajstić information content (AvgIpc) is 2.37. The number of hydrogen-bond donors (Lipinski definition) is 2. The molecule has 0 aliphatic heterocycles. The fraction of sp³-hybridized carbons (Fsp3) is 0.714. The number of hydrogen-bond acceptors (Lipinski definition) is 4. The first kappa shape index (κ1) is 14.7. The zero-order valence-electron chi connectivity index (χ0n) is 12.1. The minimum atomic E-state index is 0.409. The van der Waals surface area contributed by atoms with E-state index in [4.69, 9.17) is 0 Å². The van der Waals surface area contributed by atoms with Crippen molar-refractivity contribution in [3.8, 4) is 0 Å². The van der Waals surface area contributed by atoms with E-state index in [1.54, 1.807) is 6.33 Å². The molecule has 0 atom stereocenters. The number of rotatable bonds is 8. The van der Waals surface area contributed by atoms with Crippen LogP contribution >= 0.6 is 0 Å². The molecule has 4 heteroatoms. The molecule has 4 nitrogen and oxygen atoms in total. The Hall–Kier alpha value is -1.32. The van der Waals surface area contributed by atoms with Gasteiger partial charge < -0.3 is 10.6 Å². The number of anilines is 2. The fourth-order valence-corrected chi connectivity index (χ4v) is 2.04. The van der Waals surface area contributed by atoms with Gasteiger partial charge in [-0.1, -0.05) is 40.0 Å². The molecule has 102 valence electrons. The van der Waals surface area contributed by atoms with Gasteiger partial charge in [-0.3, -0.25) is 0 Å². The van der Waals surface area contributed by atoms with Gasteiger partial charge in [-0.15, -0.1) is 0 Å². The van der Waals surface area contributed by atoms with Gasteiger partial charge in [0.25, 0.3) is 0 Å². The third kappa shape index (κ3) is 4.17. The molecule has 0 unspecified atom stereocenters. The second kappa shape index (κ2) is 7.90. The normalized spacial score (nSPS) is 10.7. The Morgan fingerprint density at radius 3 is 2.44 bits per heavy atom. The summed E-state index contributed by atoms with van der Waals surface area (Å²) in [6.45, 7) is 7.55. The quantitative estimate of drug-likeness (QED) is 0.692. The summed E-state index contributed by atoms with van der Waals surface area (Å²) in [5.41, 5.74) is 1.18. The zero-order valence-corrected chi connectivity index (χ0v) is 12.1. The van der Waals surface area contributed by atoms with Crippen molar-refractivity contribution in [3.63, 3.8) is 0 Å². The van der Waals surface area contributed by atoms with E-state index in [9.17, 15) is 0 Å². The maximum Gasteiger partial charge on any atom is 0.134 e. The minimum absolute atomic E-state index is 0.409. The summed E-state index contributed by atoms with van der Waals surface area (Å²) >= 11 is 0. The van der Waals surface area contributed by atoms with Crippen molar-refractivity contribution in [1.29, 1.82) is 0 Å². The summed E-state index contributed by atoms with van der Waals surface area (Å²) < 4.78 is 0. The first-order valence-electron chi connectivity index (χ1n) is 6.97. The number of nitrogens with one attached hydrogen (secondary N) is 2. The predicted octanol–water partition coefficient (Wildman–Crippen LogP) is 3.63. The molecular formula is C14H26N4. The minimum Gasteiger partial charge on any atom is -0.373 e. The van der Waals surface area contributed by atoms with E-state index >= 15 is 0 Å². The lowest BCUT2D eigenvalue weighted by molar-refractivity contribution is 0.683. The molecule has 0 radical (unpaired) electrons. The standard InChI is InChI=1S/C14H26N4/c1-5-6-7-8-9-16-14-12(11(2)3)13(15-4)17-10-18-14/h10-11H,5-9H2,1-4H3,(H2,15,16,17,18). The molecule has 1 aromatic heterocycles. The van der Waals surface area contributed by atoms with Gasteiger partial charge >= 0.3 is 0 Å². The highest BCUT2D eigenvalue weighted by atomic mass is 15.1. The molecule has 1 aromatic rings. The zero-order chi connectivity index (χ0) is 13.4. The van der Waals surface area contributed by atoms with E-state index in [0.29, 0.717) is 5.92 Å². The fourth-order valence-electron chi connectivity index (χ4n) is 2.04. The Bertz CT molecular complexity index is 350. The molecule has 18 heavy (non-hydrogen) atoms. The van der Waals surface area contributed by atoms with E-state index in [-0.39, 0.29) is 0 Å². The molecule has 0 bridgehead atoms. The van der Waals surface area contributed by atoms with Gasteiger partial charge in [0, 0.05) is 19.2 Å². The Kier molecular flexibility index (Phi) is 6.47. The van der Waals surface area contributed by atoms with Crippen LogP contribution in [0, 0.1) is 0 Å². The lowest BCUT2D eigenvalue weighted by Crippen LogP contribution is -2.10. The molecule has 0 aliphatic rings. The van der Waals surface area contributed by atoms with Crippen molar-refractivity contribution in [2.75, 3.05) is 24.2 Å². The highest BCUT2D eigenvalue weighted by molar-refractivity contribution is 5.58. The van der Waals surface area contributed by atoms with Gasteiger partial charge in [0.15, 0.2) is 0 Å². The molecule has 0 amide bonds. The average molecular weight is 250 g/mol. The van der Waals surface area contributed by atoms with Gasteiger partial charge in [-0.25, -0.2) is 9.97 Å². The summed E-state index contributed by atoms with van der Waals surface area (Å²) in [5.74, 6) is 2.31. The van der Waals surface area contributed by atoms with Crippen LogP contribution in [0.3, 0.4) is 0 Å². The summed E-state index contributed by atoms with van der Waals surface area (Å²) in [5, 5.41) is 6.57. The van der Waals surface area contributed by atoms with Gasteiger partial charge in [0.05, 0.1) is 0 Å². The van der Waals surface area contributed by atoms with E-state index < -0.39 is 0 Å². The molecule has 1 heterocycles. The van der Waals surface area contributed by atoms with Crippen molar-refractivity contribution in [2.24, 2.45) is 0 Å². The highest BCUT2D eigenvalue weighted by Crippen LogP contribution is 2.27. The molecule has 0 aliphatic carbocycles. The van der Waals surface area contributed by atoms with Gasteiger partial charge in [0.1, 0.15) is 18.0 Å². The molecule has 0 saturated heterocycles. The molecular weight excluding hydrogens is 224 g/mol. The summed E-state index contributed by atoms with van der Waals surface area (Å²) in [6, 6.07) is 0. The van der Waals surface area contributed by atoms with E-state index in [0.717, 1.165) is 18.2 Å². The molecule has 0 spiro atoms. The van der Waals surface area contributed by atoms with Crippen molar-refractivity contribution in [1.82, 2.24) is 9.97 Å². The largest absolute Gasteiger partial charge is 0.373 e. The van der Waals surface area contributed by atoms with Crippen LogP contribution in [-0.2, 0) is 0 Å². The second-order valence-corrected chi connectivity index (χ2v) is 4.88. The maximum absolute atomic E-state index is 4.36. The van der Waals surface area contributed by atoms with E-state index in [1.807, 2.05) is 7.05 Å². The van der Waals surface area contributed by atoms with Crippen molar-refractivity contribution in [2.45, 2.75) is 52.4 Å². The lowest BCUT2D eigenvalue weighted by Gasteiger charge is -2.16. The van der Waals surface area contributed by atoms with Crippen LogP contribution in [0.1, 0.15) is 57.9 Å². The van der Waals surface area contributed by atoms with Crippen LogP contribution in [0.2, 0.25) is 0 Å². The van der Waals surface area contributed by atoms with Crippen LogP contribution in [0.4, 0.5) is 11.6 Å². The lowest BCUT2D eigenvalue weighted by atomic mass is 10.0. The van der Waals surface area contributed by atoms with E-state index in [1.165, 1.54) is 31.2 Å². The van der Waals surface area contributed by atoms with Gasteiger partial charge in [-0.05, 0) is 12.3 Å². The highest BCUT2D eigenvalue weighted by Gasteiger charge is 2.13. The smallest absolute Gasteiger partial charge is 0.134 e. The Balaban J connectivity index is 2.64. The van der Waals surface area contributed by atoms with Crippen molar-refractivity contribution in [3.05, 3.63) is 11.9 Å². The van der Waals surface area contributed by atoms with Crippen LogP contribution in [0.25, 0.3) is 0 Å². The van der Waals surface area contributed by atoms with Gasteiger partial charge in [0.2, 0.25) is 0 Å². The second-order valence-electron chi connectivity index (χ2n) is 4.88. The monoisotopic (exact) mass is 250 g/mol. The van der Waals surface area contributed by atoms with Crippen LogP contribution in [0.5, 0.6) is 0 Å². The Morgan fingerprint density at radius 1 is 1.11 bits per heavy atom. The first-order chi connectivity index (χ1) is 8.70. The maximum atomic E-state index is 4.36. The summed E-state index contributed by atoms with van der Waals surface area (Å²) in [7, 11) is 1.90. The Morgan fingerprint density at radius 2 is 1.83 bits per heavy atom. The predicted molar refractivity (Wildman–Crippen MR) is 78.3 cm³/mol. The van der Waals surface area contributed by atoms with Crippen molar-refractivity contribution < 1.29 is 0 Å². The van der Waals surface area contributed by atoms with Crippen molar-refractivity contribution >= 4 is 11.6 Å². The SMILES string of the molecule is CCCCCCNc1ncnc(NC)c1C(C)C. The molecule has 2 N–H and O–H groups in total. The third-order valence-corrected chi connectivity index (χ3v) is 3.02. The number of aromatic nitrogens is 2. The number of nitrogens with zero attached hydrogens (tertiary/aromatic N) is 2. The van der Waals surface area contributed by atoms with Crippen LogP contribution < -0.4 is 10.6 Å². The molecule has 0 fully saturated rings. The molecule has 0 aromatic carbocycles. The number of unbranched alkanes of at least 4 members (excludes halogenated alkanes) is 3. The van der Waals surface area contributed by atoms with Crippen LogP contribution in [0.15, 0.2) is 6.33 Å². The summed E-state index contributed by atoms with van der Waals surface area (Å²) in [4.78, 5) is 8.64. The first-order valence-corrected chi connectivity index (χ1v) is 6.97. The topological polar surface area (TPSA) is 49.8 Å². The Labute approximate surface area is 111 Å².